The number of rotatable bonds is 4. The molecule has 3 rings (SSSR count). The Balaban J connectivity index is 1.61. The number of hydrogen-bond acceptors (Lipinski definition) is 2. The first-order valence-corrected chi connectivity index (χ1v) is 7.12. The largest absolute Gasteiger partial charge is 0.352 e. The van der Waals surface area contributed by atoms with Gasteiger partial charge >= 0.3 is 0 Å². The summed E-state index contributed by atoms with van der Waals surface area (Å²) in [5, 5.41) is 3.39. The van der Waals surface area contributed by atoms with E-state index in [1.807, 2.05) is 0 Å². The minimum absolute atomic E-state index is 0.140. The number of carbonyl (C=O) groups excluding carboxylic acids is 1. The summed E-state index contributed by atoms with van der Waals surface area (Å²) in [5.74, 6) is -0.433. The Kier molecular flexibility index (Phi) is 4.06. The Bertz CT molecular complexity index is 814. The fourth-order valence-electron chi connectivity index (χ4n) is 2.13. The van der Waals surface area contributed by atoms with Gasteiger partial charge in [0.2, 0.25) is 5.91 Å². The molecular weight excluding hydrogens is 305 g/mol. The number of nitrogens with one attached hydrogen (secondary N) is 1. The molecule has 0 atom stereocenters. The average Bonchev–Trinajstić information content (AvgIpc) is 2.88. The second kappa shape index (κ2) is 6.15. The maximum atomic E-state index is 12.8. The monoisotopic (exact) mass is 317 g/mol. The molecule has 0 spiro atoms. The Hall–Kier alpha value is -2.40. The molecular formula is C16H13ClFN3O. The summed E-state index contributed by atoms with van der Waals surface area (Å²) >= 11 is 5.91. The maximum absolute atomic E-state index is 12.8. The summed E-state index contributed by atoms with van der Waals surface area (Å²) in [5.41, 5.74) is 2.25. The molecule has 1 N–H and O–H groups in total. The molecule has 3 aromatic rings. The third-order valence-corrected chi connectivity index (χ3v) is 3.43. The first-order valence-electron chi connectivity index (χ1n) is 6.74. The average molecular weight is 318 g/mol. The van der Waals surface area contributed by atoms with Gasteiger partial charge in [-0.25, -0.2) is 9.37 Å². The van der Waals surface area contributed by atoms with Gasteiger partial charge in [0, 0.05) is 18.9 Å². The van der Waals surface area contributed by atoms with Gasteiger partial charge in [-0.15, -0.1) is 0 Å². The lowest BCUT2D eigenvalue weighted by Crippen LogP contribution is -2.24. The van der Waals surface area contributed by atoms with Gasteiger partial charge in [0.15, 0.2) is 0 Å². The van der Waals surface area contributed by atoms with Crippen LogP contribution in [0.1, 0.15) is 11.3 Å². The lowest BCUT2D eigenvalue weighted by atomic mass is 10.2. The third kappa shape index (κ3) is 3.43. The highest BCUT2D eigenvalue weighted by Crippen LogP contribution is 2.12. The van der Waals surface area contributed by atoms with Crippen molar-refractivity contribution in [1.29, 1.82) is 0 Å². The van der Waals surface area contributed by atoms with Crippen LogP contribution in [0.5, 0.6) is 0 Å². The number of hydrogen-bond donors (Lipinski definition) is 1. The van der Waals surface area contributed by atoms with Gasteiger partial charge in [0.05, 0.1) is 17.1 Å². The zero-order chi connectivity index (χ0) is 15.5. The van der Waals surface area contributed by atoms with Crippen LogP contribution in [-0.4, -0.2) is 15.3 Å². The number of imidazole rings is 1. The van der Waals surface area contributed by atoms with Crippen molar-refractivity contribution in [1.82, 2.24) is 14.7 Å². The van der Waals surface area contributed by atoms with Crippen molar-refractivity contribution in [3.8, 4) is 0 Å². The van der Waals surface area contributed by atoms with Gasteiger partial charge in [-0.2, -0.15) is 0 Å². The minimum Gasteiger partial charge on any atom is -0.352 e. The molecule has 6 heteroatoms. The van der Waals surface area contributed by atoms with E-state index in [2.05, 4.69) is 10.3 Å². The molecule has 0 bridgehead atoms. The predicted molar refractivity (Wildman–Crippen MR) is 82.2 cm³/mol. The Labute approximate surface area is 131 Å². The third-order valence-electron chi connectivity index (χ3n) is 3.21. The first kappa shape index (κ1) is 14.5. The van der Waals surface area contributed by atoms with Crippen molar-refractivity contribution in [3.63, 3.8) is 0 Å². The van der Waals surface area contributed by atoms with Crippen molar-refractivity contribution in [2.75, 3.05) is 0 Å². The van der Waals surface area contributed by atoms with Crippen LogP contribution < -0.4 is 5.32 Å². The summed E-state index contributed by atoms with van der Waals surface area (Å²) in [6.07, 6.45) is 3.70. The first-order chi connectivity index (χ1) is 10.6. The van der Waals surface area contributed by atoms with Crippen LogP contribution in [0, 0.1) is 5.82 Å². The number of nitrogens with zero attached hydrogens (tertiary/aromatic N) is 2. The number of halogens is 2. The Morgan fingerprint density at radius 1 is 1.18 bits per heavy atom. The van der Waals surface area contributed by atoms with Crippen LogP contribution in [0.15, 0.2) is 48.8 Å². The smallest absolute Gasteiger partial charge is 0.226 e. The van der Waals surface area contributed by atoms with Crippen LogP contribution in [-0.2, 0) is 17.8 Å². The normalized spacial score (nSPS) is 10.8. The van der Waals surface area contributed by atoms with E-state index in [0.29, 0.717) is 17.3 Å². The highest BCUT2D eigenvalue weighted by Gasteiger charge is 2.08. The molecule has 0 unspecified atom stereocenters. The summed E-state index contributed by atoms with van der Waals surface area (Å²) < 4.78 is 14.6. The van der Waals surface area contributed by atoms with Gasteiger partial charge < -0.3 is 9.72 Å². The zero-order valence-corrected chi connectivity index (χ0v) is 12.3. The quantitative estimate of drug-likeness (QED) is 0.804. The van der Waals surface area contributed by atoms with Crippen LogP contribution in [0.4, 0.5) is 4.39 Å². The van der Waals surface area contributed by atoms with Gasteiger partial charge in [-0.3, -0.25) is 4.79 Å². The number of amides is 1. The molecule has 0 saturated heterocycles. The summed E-state index contributed by atoms with van der Waals surface area (Å²) in [4.78, 5) is 16.3. The van der Waals surface area contributed by atoms with Crippen LogP contribution in [0.2, 0.25) is 5.02 Å². The van der Waals surface area contributed by atoms with Crippen LogP contribution in [0.3, 0.4) is 0 Å². The van der Waals surface area contributed by atoms with Gasteiger partial charge in [0.1, 0.15) is 11.5 Å². The van der Waals surface area contributed by atoms with E-state index >= 15 is 0 Å². The van der Waals surface area contributed by atoms with E-state index in [1.54, 1.807) is 41.1 Å². The van der Waals surface area contributed by atoms with Gasteiger partial charge in [0.25, 0.3) is 0 Å². The molecule has 1 aromatic carbocycles. The minimum atomic E-state index is -0.293. The number of fused-ring (bicyclic) bond motifs is 1. The van der Waals surface area contributed by atoms with Gasteiger partial charge in [-0.05, 0) is 29.8 Å². The lowest BCUT2D eigenvalue weighted by Gasteiger charge is -2.04. The maximum Gasteiger partial charge on any atom is 0.226 e. The van der Waals surface area contributed by atoms with Crippen molar-refractivity contribution in [2.24, 2.45) is 0 Å². The fraction of sp³-hybridized carbons (Fsp3) is 0.125. The number of aromatic nitrogens is 2. The highest BCUT2D eigenvalue weighted by atomic mass is 35.5. The second-order valence-electron chi connectivity index (χ2n) is 4.92. The molecule has 0 aliphatic carbocycles. The fourth-order valence-corrected chi connectivity index (χ4v) is 2.30. The summed E-state index contributed by atoms with van der Waals surface area (Å²) in [6.45, 7) is 0.359. The molecule has 4 nitrogen and oxygen atoms in total. The van der Waals surface area contributed by atoms with E-state index in [0.717, 1.165) is 11.2 Å². The van der Waals surface area contributed by atoms with Crippen molar-refractivity contribution in [3.05, 3.63) is 70.9 Å². The standard InChI is InChI=1S/C16H13ClFN3O/c17-12-3-6-15-20-14(10-21(15)9-12)7-16(22)19-8-11-1-4-13(18)5-2-11/h1-6,9-10H,7-8H2,(H,19,22). The van der Waals surface area contributed by atoms with Crippen molar-refractivity contribution >= 4 is 23.2 Å². The molecule has 2 aromatic heterocycles. The molecule has 0 aliphatic rings. The van der Waals surface area contributed by atoms with Crippen LogP contribution >= 0.6 is 11.6 Å². The lowest BCUT2D eigenvalue weighted by molar-refractivity contribution is -0.120. The zero-order valence-electron chi connectivity index (χ0n) is 11.6. The van der Waals surface area contributed by atoms with Crippen molar-refractivity contribution in [2.45, 2.75) is 13.0 Å². The SMILES string of the molecule is O=C(Cc1cn2cc(Cl)ccc2n1)NCc1ccc(F)cc1. The molecule has 0 fully saturated rings. The summed E-state index contributed by atoms with van der Waals surface area (Å²) in [6, 6.07) is 9.57. The topological polar surface area (TPSA) is 46.4 Å². The molecule has 2 heterocycles. The molecule has 0 aliphatic heterocycles. The molecule has 0 radical (unpaired) electrons. The van der Waals surface area contributed by atoms with E-state index in [1.165, 1.54) is 12.1 Å². The molecule has 22 heavy (non-hydrogen) atoms. The number of carbonyl (C=O) groups is 1. The van der Waals surface area contributed by atoms with E-state index in [-0.39, 0.29) is 18.1 Å². The van der Waals surface area contributed by atoms with E-state index < -0.39 is 0 Å². The number of pyridine rings is 1. The molecule has 0 saturated carbocycles. The summed E-state index contributed by atoms with van der Waals surface area (Å²) in [7, 11) is 0. The molecule has 1 amide bonds. The van der Waals surface area contributed by atoms with E-state index in [9.17, 15) is 9.18 Å². The second-order valence-corrected chi connectivity index (χ2v) is 5.36. The van der Waals surface area contributed by atoms with E-state index in [4.69, 9.17) is 11.6 Å². The van der Waals surface area contributed by atoms with Gasteiger partial charge in [-0.1, -0.05) is 23.7 Å². The number of benzene rings is 1. The Morgan fingerprint density at radius 3 is 2.73 bits per heavy atom. The molecule has 112 valence electrons. The predicted octanol–water partition coefficient (Wildman–Crippen LogP) is 2.99. The van der Waals surface area contributed by atoms with Crippen LogP contribution in [0.25, 0.3) is 5.65 Å². The van der Waals surface area contributed by atoms with Crippen molar-refractivity contribution < 1.29 is 9.18 Å². The highest BCUT2D eigenvalue weighted by molar-refractivity contribution is 6.30. The Morgan fingerprint density at radius 2 is 1.95 bits per heavy atom.